The van der Waals surface area contributed by atoms with Gasteiger partial charge in [0.05, 0.1) is 0 Å². The number of carbonyl (C=O) groups is 3. The lowest BCUT2D eigenvalue weighted by Gasteiger charge is -2.01. The number of aliphatic carboxylic acids is 3. The van der Waals surface area contributed by atoms with Crippen LogP contribution < -0.4 is 0 Å². The Morgan fingerprint density at radius 2 is 0.833 bits per heavy atom. The Bertz CT molecular complexity index is 282. The van der Waals surface area contributed by atoms with E-state index in [-0.39, 0.29) is 0 Å². The van der Waals surface area contributed by atoms with Crippen LogP contribution in [0.2, 0.25) is 0 Å². The fourth-order valence-electron chi connectivity index (χ4n) is 1.94. The van der Waals surface area contributed by atoms with Crippen molar-refractivity contribution in [2.24, 2.45) is 0 Å². The van der Waals surface area contributed by atoms with Gasteiger partial charge in [-0.3, -0.25) is 14.4 Å². The molecule has 6 heteroatoms. The summed E-state index contributed by atoms with van der Waals surface area (Å²) in [5, 5.41) is 23.3. The largest absolute Gasteiger partial charge is 0.481 e. The lowest BCUT2D eigenvalue weighted by atomic mass is 10.1. The quantitative estimate of drug-likeness (QED) is 0.430. The van der Waals surface area contributed by atoms with Crippen molar-refractivity contribution in [3.05, 3.63) is 0 Å². The van der Waals surface area contributed by atoms with Gasteiger partial charge in [-0.25, -0.2) is 0 Å². The zero-order valence-electron chi connectivity index (χ0n) is 15.6. The highest BCUT2D eigenvalue weighted by Gasteiger charge is 1.96. The average molecular weight is 348 g/mol. The molecule has 0 fully saturated rings. The summed E-state index contributed by atoms with van der Waals surface area (Å²) in [5.41, 5.74) is 0. The first-order valence-electron chi connectivity index (χ1n) is 8.84. The first kappa shape index (κ1) is 27.3. The van der Waals surface area contributed by atoms with E-state index >= 15 is 0 Å². The summed E-state index contributed by atoms with van der Waals surface area (Å²) in [6, 6.07) is 0. The van der Waals surface area contributed by atoms with E-state index in [1.165, 1.54) is 57.8 Å². The molecule has 0 aliphatic carbocycles. The van der Waals surface area contributed by atoms with Gasteiger partial charge in [0.25, 0.3) is 11.9 Å². The molecule has 0 heterocycles. The molecule has 0 aromatic heterocycles. The summed E-state index contributed by atoms with van der Waals surface area (Å²) < 4.78 is 0. The van der Waals surface area contributed by atoms with E-state index in [9.17, 15) is 4.79 Å². The summed E-state index contributed by atoms with van der Waals surface area (Å²) in [5.74, 6) is -2.32. The molecule has 3 N–H and O–H groups in total. The molecular weight excluding hydrogens is 312 g/mol. The van der Waals surface area contributed by atoms with E-state index in [0.717, 1.165) is 26.7 Å². The molecule has 0 aliphatic heterocycles. The third-order valence-electron chi connectivity index (χ3n) is 2.99. The van der Waals surface area contributed by atoms with Crippen LogP contribution in [0.1, 0.15) is 97.8 Å². The van der Waals surface area contributed by atoms with Gasteiger partial charge < -0.3 is 15.3 Å². The molecule has 0 aromatic rings. The van der Waals surface area contributed by atoms with Gasteiger partial charge in [-0.2, -0.15) is 0 Å². The van der Waals surface area contributed by atoms with Crippen molar-refractivity contribution < 1.29 is 29.7 Å². The van der Waals surface area contributed by atoms with Crippen LogP contribution in [0, 0.1) is 0 Å². The van der Waals surface area contributed by atoms with E-state index in [4.69, 9.17) is 24.9 Å². The van der Waals surface area contributed by atoms with Crippen molar-refractivity contribution in [2.45, 2.75) is 97.8 Å². The standard InChI is InChI=1S/C14H28O2.2C2H4O2/c1-2-3-4-5-6-7-8-9-10-11-12-13-14(15)16;2*1-2(3)4/h2-13H2,1H3,(H,15,16);2*1H3,(H,3,4). The second kappa shape index (κ2) is 23.7. The third-order valence-corrected chi connectivity index (χ3v) is 2.99. The van der Waals surface area contributed by atoms with Crippen LogP contribution in [0.15, 0.2) is 0 Å². The topological polar surface area (TPSA) is 112 Å². The molecule has 0 rings (SSSR count). The number of carboxylic acid groups (broad SMARTS) is 3. The van der Waals surface area contributed by atoms with Gasteiger partial charge >= 0.3 is 5.97 Å². The van der Waals surface area contributed by atoms with Crippen molar-refractivity contribution in [2.75, 3.05) is 0 Å². The van der Waals surface area contributed by atoms with Crippen molar-refractivity contribution in [1.82, 2.24) is 0 Å². The number of carboxylic acids is 3. The Kier molecular flexibility index (Phi) is 26.9. The predicted octanol–water partition coefficient (Wildman–Crippen LogP) is 4.95. The summed E-state index contributed by atoms with van der Waals surface area (Å²) in [4.78, 5) is 28.3. The highest BCUT2D eigenvalue weighted by Crippen LogP contribution is 2.11. The molecule has 24 heavy (non-hydrogen) atoms. The minimum atomic E-state index is -0.833. The van der Waals surface area contributed by atoms with Crippen LogP contribution in [0.25, 0.3) is 0 Å². The van der Waals surface area contributed by atoms with Crippen LogP contribution in [0.5, 0.6) is 0 Å². The molecule has 0 saturated carbocycles. The molecule has 0 saturated heterocycles. The molecule has 0 aromatic carbocycles. The number of rotatable bonds is 12. The maximum absolute atomic E-state index is 10.3. The average Bonchev–Trinajstić information content (AvgIpc) is 2.43. The third kappa shape index (κ3) is 59.1. The molecule has 144 valence electrons. The maximum Gasteiger partial charge on any atom is 0.303 e. The smallest absolute Gasteiger partial charge is 0.303 e. The lowest BCUT2D eigenvalue weighted by Crippen LogP contribution is -1.93. The molecule has 0 aliphatic rings. The van der Waals surface area contributed by atoms with Crippen molar-refractivity contribution >= 4 is 17.9 Å². The van der Waals surface area contributed by atoms with Gasteiger partial charge in [0.15, 0.2) is 0 Å². The van der Waals surface area contributed by atoms with Crippen LogP contribution in [0.3, 0.4) is 0 Å². The van der Waals surface area contributed by atoms with Gasteiger partial charge in [-0.05, 0) is 6.42 Å². The predicted molar refractivity (Wildman–Crippen MR) is 95.3 cm³/mol. The van der Waals surface area contributed by atoms with E-state index in [1.807, 2.05) is 0 Å². The summed E-state index contributed by atoms with van der Waals surface area (Å²) in [6.07, 6.45) is 14.4. The summed E-state index contributed by atoms with van der Waals surface area (Å²) >= 11 is 0. The van der Waals surface area contributed by atoms with E-state index < -0.39 is 17.9 Å². The van der Waals surface area contributed by atoms with Gasteiger partial charge in [-0.15, -0.1) is 0 Å². The minimum Gasteiger partial charge on any atom is -0.481 e. The Morgan fingerprint density at radius 3 is 1.08 bits per heavy atom. The van der Waals surface area contributed by atoms with Gasteiger partial charge in [0, 0.05) is 20.3 Å². The Hall–Kier alpha value is -1.59. The number of unbranched alkanes of at least 4 members (excludes halogenated alkanes) is 10. The van der Waals surface area contributed by atoms with Gasteiger partial charge in [0.1, 0.15) is 0 Å². The molecule has 0 amide bonds. The Labute approximate surface area is 146 Å². The SMILES string of the molecule is CC(=O)O.CC(=O)O.CCCCCCCCCCCCCC(=O)O. The minimum absolute atomic E-state index is 0.344. The Morgan fingerprint density at radius 1 is 0.583 bits per heavy atom. The van der Waals surface area contributed by atoms with Crippen molar-refractivity contribution in [3.63, 3.8) is 0 Å². The van der Waals surface area contributed by atoms with Gasteiger partial charge in [0.2, 0.25) is 0 Å². The van der Waals surface area contributed by atoms with Crippen LogP contribution in [-0.2, 0) is 14.4 Å². The normalized spacial score (nSPS) is 9.12. The molecule has 0 bridgehead atoms. The first-order valence-corrected chi connectivity index (χ1v) is 8.84. The summed E-state index contributed by atoms with van der Waals surface area (Å²) in [6.45, 7) is 4.41. The first-order chi connectivity index (χ1) is 11.2. The van der Waals surface area contributed by atoms with Crippen LogP contribution in [0.4, 0.5) is 0 Å². The monoisotopic (exact) mass is 348 g/mol. The molecular formula is C18H36O6. The van der Waals surface area contributed by atoms with Crippen LogP contribution in [-0.4, -0.2) is 33.2 Å². The van der Waals surface area contributed by atoms with E-state index in [1.54, 1.807) is 0 Å². The highest BCUT2D eigenvalue weighted by molar-refractivity contribution is 5.66. The second-order valence-electron chi connectivity index (χ2n) is 5.72. The van der Waals surface area contributed by atoms with Gasteiger partial charge in [-0.1, -0.05) is 71.1 Å². The molecule has 6 nitrogen and oxygen atoms in total. The number of hydrogen-bond acceptors (Lipinski definition) is 3. The van der Waals surface area contributed by atoms with Crippen LogP contribution >= 0.6 is 0 Å². The molecule has 0 atom stereocenters. The maximum atomic E-state index is 10.3. The van der Waals surface area contributed by atoms with Crippen molar-refractivity contribution in [1.29, 1.82) is 0 Å². The summed E-state index contributed by atoms with van der Waals surface area (Å²) in [7, 11) is 0. The lowest BCUT2D eigenvalue weighted by molar-refractivity contribution is -0.137. The highest BCUT2D eigenvalue weighted by atomic mass is 16.4. The fourth-order valence-corrected chi connectivity index (χ4v) is 1.94. The number of hydrogen-bond donors (Lipinski definition) is 3. The van der Waals surface area contributed by atoms with E-state index in [2.05, 4.69) is 6.92 Å². The van der Waals surface area contributed by atoms with Crippen molar-refractivity contribution in [3.8, 4) is 0 Å². The Balaban J connectivity index is -0.000000457. The molecule has 0 radical (unpaired) electrons. The zero-order valence-corrected chi connectivity index (χ0v) is 15.6. The molecule has 0 spiro atoms. The second-order valence-corrected chi connectivity index (χ2v) is 5.72. The zero-order chi connectivity index (χ0) is 19.2. The van der Waals surface area contributed by atoms with E-state index in [0.29, 0.717) is 6.42 Å². The molecule has 0 unspecified atom stereocenters. The fraction of sp³-hybridized carbons (Fsp3) is 0.833.